The maximum Gasteiger partial charge on any atom is 0.364 e. The van der Waals surface area contributed by atoms with E-state index < -0.39 is 5.97 Å². The molecule has 4 rings (SSSR count). The molecule has 0 atom stereocenters. The Morgan fingerprint density at radius 1 is 0.931 bits per heavy atom. The number of aryl methyl sites for hydroxylation is 1. The summed E-state index contributed by atoms with van der Waals surface area (Å²) < 4.78 is 6.60. The Morgan fingerprint density at radius 2 is 1.52 bits per heavy atom. The highest BCUT2D eigenvalue weighted by Gasteiger charge is 2.17. The first-order valence-corrected chi connectivity index (χ1v) is 8.85. The second kappa shape index (κ2) is 7.41. The van der Waals surface area contributed by atoms with E-state index in [0.717, 1.165) is 15.8 Å². The van der Waals surface area contributed by atoms with Crippen molar-refractivity contribution in [3.8, 4) is 22.9 Å². The fraction of sp³-hybridized carbons (Fsp3) is 0.0435. The summed E-state index contributed by atoms with van der Waals surface area (Å²) >= 11 is 0. The Bertz CT molecular complexity index is 1320. The van der Waals surface area contributed by atoms with Crippen LogP contribution in [-0.4, -0.2) is 15.7 Å². The zero-order valence-corrected chi connectivity index (χ0v) is 15.5. The molecule has 29 heavy (non-hydrogen) atoms. The minimum Gasteiger partial charge on any atom is -0.422 e. The first kappa shape index (κ1) is 18.1. The van der Waals surface area contributed by atoms with E-state index in [9.17, 15) is 9.59 Å². The van der Waals surface area contributed by atoms with Gasteiger partial charge >= 0.3 is 5.97 Å². The number of rotatable bonds is 3. The number of benzene rings is 3. The minimum atomic E-state index is -0.636. The molecular formula is C23H15N3O3. The van der Waals surface area contributed by atoms with Crippen LogP contribution in [0, 0.1) is 11.3 Å². The summed E-state index contributed by atoms with van der Waals surface area (Å²) in [7, 11) is 1.50. The Kier molecular flexibility index (Phi) is 4.63. The standard InChI is InChI=1S/C23H15N3O3/c1-26-22(27)20-5-3-2-4-19(20)21(25-26)23(28)29-18-12-10-17(11-13-18)16-8-6-15(14-24)7-9-16/h2-13H,1H3. The van der Waals surface area contributed by atoms with Crippen molar-refractivity contribution in [3.63, 3.8) is 0 Å². The molecule has 3 aromatic carbocycles. The van der Waals surface area contributed by atoms with E-state index >= 15 is 0 Å². The largest absolute Gasteiger partial charge is 0.422 e. The summed E-state index contributed by atoms with van der Waals surface area (Å²) in [6.07, 6.45) is 0. The average molecular weight is 381 g/mol. The Morgan fingerprint density at radius 3 is 2.14 bits per heavy atom. The van der Waals surface area contributed by atoms with Gasteiger partial charge in [0.25, 0.3) is 5.56 Å². The lowest BCUT2D eigenvalue weighted by Crippen LogP contribution is -2.24. The van der Waals surface area contributed by atoms with Gasteiger partial charge in [0.05, 0.1) is 17.0 Å². The van der Waals surface area contributed by atoms with Crippen molar-refractivity contribution >= 4 is 16.7 Å². The number of aromatic nitrogens is 2. The van der Waals surface area contributed by atoms with Crippen molar-refractivity contribution < 1.29 is 9.53 Å². The third-order valence-electron chi connectivity index (χ3n) is 4.56. The van der Waals surface area contributed by atoms with Crippen LogP contribution < -0.4 is 10.3 Å². The second-order valence-corrected chi connectivity index (χ2v) is 6.43. The van der Waals surface area contributed by atoms with E-state index in [0.29, 0.717) is 22.1 Å². The maximum atomic E-state index is 12.7. The summed E-state index contributed by atoms with van der Waals surface area (Å²) in [5, 5.41) is 13.8. The molecule has 0 aliphatic heterocycles. The Balaban J connectivity index is 1.61. The van der Waals surface area contributed by atoms with E-state index in [4.69, 9.17) is 10.00 Å². The monoisotopic (exact) mass is 381 g/mol. The Hall–Kier alpha value is -4.24. The van der Waals surface area contributed by atoms with E-state index in [1.165, 1.54) is 7.05 Å². The molecule has 0 bridgehead atoms. The molecule has 0 fully saturated rings. The number of hydrogen-bond acceptors (Lipinski definition) is 5. The summed E-state index contributed by atoms with van der Waals surface area (Å²) in [5.41, 5.74) is 2.28. The SMILES string of the molecule is Cn1nc(C(=O)Oc2ccc(-c3ccc(C#N)cc3)cc2)c2ccccc2c1=O. The van der Waals surface area contributed by atoms with Gasteiger partial charge < -0.3 is 4.74 Å². The topological polar surface area (TPSA) is 85.0 Å². The fourth-order valence-electron chi connectivity index (χ4n) is 3.06. The van der Waals surface area contributed by atoms with Crippen molar-refractivity contribution in [3.05, 3.63) is 94.4 Å². The highest BCUT2D eigenvalue weighted by atomic mass is 16.5. The first-order chi connectivity index (χ1) is 14.1. The molecule has 0 unspecified atom stereocenters. The van der Waals surface area contributed by atoms with Crippen LogP contribution in [0.2, 0.25) is 0 Å². The molecule has 0 N–H and O–H groups in total. The van der Waals surface area contributed by atoms with Crippen LogP contribution in [0.5, 0.6) is 5.75 Å². The predicted octanol–water partition coefficient (Wildman–Crippen LogP) is 3.69. The van der Waals surface area contributed by atoms with E-state index in [1.807, 2.05) is 24.3 Å². The number of fused-ring (bicyclic) bond motifs is 1. The maximum absolute atomic E-state index is 12.7. The smallest absolute Gasteiger partial charge is 0.364 e. The van der Waals surface area contributed by atoms with Crippen LogP contribution in [0.4, 0.5) is 0 Å². The number of nitrogens with zero attached hydrogens (tertiary/aromatic N) is 3. The molecule has 4 aromatic rings. The normalized spacial score (nSPS) is 10.5. The number of hydrogen-bond donors (Lipinski definition) is 0. The molecule has 0 radical (unpaired) electrons. The summed E-state index contributed by atoms with van der Waals surface area (Å²) in [5.74, 6) is -0.268. The van der Waals surface area contributed by atoms with Gasteiger partial charge in [-0.3, -0.25) is 4.79 Å². The molecule has 0 aliphatic rings. The number of nitriles is 1. The molecule has 1 heterocycles. The van der Waals surface area contributed by atoms with Crippen molar-refractivity contribution in [1.29, 1.82) is 5.26 Å². The zero-order chi connectivity index (χ0) is 20.4. The second-order valence-electron chi connectivity index (χ2n) is 6.43. The average Bonchev–Trinajstić information content (AvgIpc) is 2.77. The lowest BCUT2D eigenvalue weighted by Gasteiger charge is -2.09. The molecular weight excluding hydrogens is 366 g/mol. The first-order valence-electron chi connectivity index (χ1n) is 8.85. The highest BCUT2D eigenvalue weighted by Crippen LogP contribution is 2.24. The van der Waals surface area contributed by atoms with E-state index in [-0.39, 0.29) is 11.3 Å². The molecule has 1 aromatic heterocycles. The number of esters is 1. The molecule has 6 nitrogen and oxygen atoms in total. The lowest BCUT2D eigenvalue weighted by atomic mass is 10.0. The summed E-state index contributed by atoms with van der Waals surface area (Å²) in [6, 6.07) is 23.2. The van der Waals surface area contributed by atoms with Gasteiger partial charge in [0.2, 0.25) is 0 Å². The highest BCUT2D eigenvalue weighted by molar-refractivity contribution is 6.02. The van der Waals surface area contributed by atoms with Crippen LogP contribution >= 0.6 is 0 Å². The zero-order valence-electron chi connectivity index (χ0n) is 15.5. The van der Waals surface area contributed by atoms with Crippen LogP contribution in [0.25, 0.3) is 21.9 Å². The number of carbonyl (C=O) groups excluding carboxylic acids is 1. The number of ether oxygens (including phenoxy) is 1. The van der Waals surface area contributed by atoms with Gasteiger partial charge in [0.15, 0.2) is 5.69 Å². The molecule has 0 amide bonds. The van der Waals surface area contributed by atoms with Gasteiger partial charge in [-0.1, -0.05) is 42.5 Å². The predicted molar refractivity (Wildman–Crippen MR) is 109 cm³/mol. The molecule has 0 aliphatic carbocycles. The van der Waals surface area contributed by atoms with Crippen LogP contribution in [-0.2, 0) is 7.05 Å². The quantitative estimate of drug-likeness (QED) is 0.399. The van der Waals surface area contributed by atoms with E-state index in [1.54, 1.807) is 48.5 Å². The molecule has 0 saturated carbocycles. The van der Waals surface area contributed by atoms with Crippen molar-refractivity contribution in [2.75, 3.05) is 0 Å². The van der Waals surface area contributed by atoms with Gasteiger partial charge in [-0.15, -0.1) is 0 Å². The van der Waals surface area contributed by atoms with Gasteiger partial charge in [0.1, 0.15) is 5.75 Å². The lowest BCUT2D eigenvalue weighted by molar-refractivity contribution is 0.0728. The third-order valence-corrected chi connectivity index (χ3v) is 4.56. The van der Waals surface area contributed by atoms with Crippen LogP contribution in [0.1, 0.15) is 16.1 Å². The van der Waals surface area contributed by atoms with Gasteiger partial charge in [-0.25, -0.2) is 9.48 Å². The minimum absolute atomic E-state index is 0.0823. The van der Waals surface area contributed by atoms with Gasteiger partial charge in [0, 0.05) is 12.4 Å². The summed E-state index contributed by atoms with van der Waals surface area (Å²) in [4.78, 5) is 24.9. The van der Waals surface area contributed by atoms with Crippen molar-refractivity contribution in [1.82, 2.24) is 9.78 Å². The molecule has 0 saturated heterocycles. The van der Waals surface area contributed by atoms with E-state index in [2.05, 4.69) is 11.2 Å². The fourth-order valence-corrected chi connectivity index (χ4v) is 3.06. The number of carbonyl (C=O) groups is 1. The Labute approximate surface area is 166 Å². The molecule has 6 heteroatoms. The molecule has 140 valence electrons. The van der Waals surface area contributed by atoms with Crippen LogP contribution in [0.15, 0.2) is 77.6 Å². The van der Waals surface area contributed by atoms with Crippen molar-refractivity contribution in [2.45, 2.75) is 0 Å². The summed E-state index contributed by atoms with van der Waals surface area (Å²) in [6.45, 7) is 0. The van der Waals surface area contributed by atoms with Gasteiger partial charge in [-0.05, 0) is 41.5 Å². The van der Waals surface area contributed by atoms with Crippen LogP contribution in [0.3, 0.4) is 0 Å². The third kappa shape index (κ3) is 3.49. The molecule has 0 spiro atoms. The van der Waals surface area contributed by atoms with Gasteiger partial charge in [-0.2, -0.15) is 10.4 Å². The van der Waals surface area contributed by atoms with Crippen molar-refractivity contribution in [2.24, 2.45) is 7.05 Å².